The van der Waals surface area contributed by atoms with Gasteiger partial charge in [0.15, 0.2) is 0 Å². The Hall–Kier alpha value is -0.560. The number of hydrogen-bond donors (Lipinski definition) is 0. The number of hydrogen-bond acceptors (Lipinski definition) is 1. The van der Waals surface area contributed by atoms with Gasteiger partial charge in [0.05, 0.1) is 5.60 Å². The molecule has 0 aromatic heterocycles. The second-order valence-electron chi connectivity index (χ2n) is 6.17. The first-order chi connectivity index (χ1) is 7.37. The first-order valence-corrected chi connectivity index (χ1v) is 6.39. The van der Waals surface area contributed by atoms with E-state index in [0.717, 1.165) is 0 Å². The molecule has 0 aromatic rings. The van der Waals surface area contributed by atoms with E-state index in [9.17, 15) is 0 Å². The molecule has 2 aliphatic rings. The predicted molar refractivity (Wildman–Crippen MR) is 68.4 cm³/mol. The average Bonchev–Trinajstić information content (AvgIpc) is 2.83. The minimum atomic E-state index is -0.0114. The molecule has 1 aliphatic carbocycles. The van der Waals surface area contributed by atoms with Crippen molar-refractivity contribution < 1.29 is 4.74 Å². The molecule has 0 spiro atoms. The molecule has 0 N–H and O–H groups in total. The van der Waals surface area contributed by atoms with Crippen LogP contribution in [0, 0.1) is 5.41 Å². The lowest BCUT2D eigenvalue weighted by Gasteiger charge is -2.36. The van der Waals surface area contributed by atoms with Crippen LogP contribution in [0.15, 0.2) is 23.8 Å². The summed E-state index contributed by atoms with van der Waals surface area (Å²) in [4.78, 5) is 0. The zero-order valence-corrected chi connectivity index (χ0v) is 11.3. The summed E-state index contributed by atoms with van der Waals surface area (Å²) in [5.74, 6) is 0. The van der Waals surface area contributed by atoms with E-state index in [1.807, 2.05) is 0 Å². The lowest BCUT2D eigenvalue weighted by molar-refractivity contribution is 0.166. The van der Waals surface area contributed by atoms with Crippen LogP contribution in [0.4, 0.5) is 0 Å². The molecular formula is C15H24O. The molecule has 1 nitrogen and oxygen atoms in total. The first kappa shape index (κ1) is 11.9. The molecule has 1 saturated heterocycles. The van der Waals surface area contributed by atoms with Gasteiger partial charge in [-0.25, -0.2) is 0 Å². The Bertz CT molecular complexity index is 350. The highest BCUT2D eigenvalue weighted by atomic mass is 16.6. The zero-order chi connectivity index (χ0) is 12.0. The smallest absolute Gasteiger partial charge is 0.121 e. The third-order valence-electron chi connectivity index (χ3n) is 4.63. The predicted octanol–water partition coefficient (Wildman–Crippen LogP) is 4.25. The van der Waals surface area contributed by atoms with Crippen molar-refractivity contribution in [2.75, 3.05) is 0 Å². The lowest BCUT2D eigenvalue weighted by Crippen LogP contribution is -2.41. The molecule has 16 heavy (non-hydrogen) atoms. The normalized spacial score (nSPS) is 42.2. The van der Waals surface area contributed by atoms with Crippen molar-refractivity contribution in [3.63, 3.8) is 0 Å². The van der Waals surface area contributed by atoms with Gasteiger partial charge in [0, 0.05) is 5.41 Å². The van der Waals surface area contributed by atoms with Crippen molar-refractivity contribution in [2.24, 2.45) is 5.41 Å². The Morgan fingerprint density at radius 2 is 1.88 bits per heavy atom. The van der Waals surface area contributed by atoms with E-state index in [2.05, 4.69) is 52.8 Å². The summed E-state index contributed by atoms with van der Waals surface area (Å²) in [6.45, 7) is 11.2. The maximum absolute atomic E-state index is 6.15. The quantitative estimate of drug-likeness (QED) is 0.501. The molecule has 1 aliphatic heterocycles. The van der Waals surface area contributed by atoms with Crippen molar-refractivity contribution in [1.82, 2.24) is 0 Å². The Morgan fingerprint density at radius 1 is 1.19 bits per heavy atom. The van der Waals surface area contributed by atoms with E-state index < -0.39 is 0 Å². The Balaban J connectivity index is 2.27. The van der Waals surface area contributed by atoms with Crippen molar-refractivity contribution in [3.05, 3.63) is 23.8 Å². The maximum Gasteiger partial charge on any atom is 0.121 e. The molecular weight excluding hydrogens is 196 g/mol. The monoisotopic (exact) mass is 220 g/mol. The molecule has 0 radical (unpaired) electrons. The molecule has 0 amide bonds. The SMILES string of the molecule is C/C=C(C)/C=C/C12OC1(C)CCCC2(C)C. The summed E-state index contributed by atoms with van der Waals surface area (Å²) in [7, 11) is 0. The highest BCUT2D eigenvalue weighted by Crippen LogP contribution is 2.66. The second kappa shape index (κ2) is 3.46. The summed E-state index contributed by atoms with van der Waals surface area (Å²) in [5, 5.41) is 0. The van der Waals surface area contributed by atoms with Gasteiger partial charge < -0.3 is 4.74 Å². The van der Waals surface area contributed by atoms with Crippen LogP contribution in [-0.4, -0.2) is 11.2 Å². The largest absolute Gasteiger partial charge is 0.358 e. The Labute approximate surface area is 99.6 Å². The van der Waals surface area contributed by atoms with Gasteiger partial charge in [-0.2, -0.15) is 0 Å². The standard InChI is InChI=1S/C15H24O/c1-6-12(2)8-11-15-13(3,4)9-7-10-14(15,5)16-15/h6,8,11H,7,9-10H2,1-5H3/b11-8+,12-6+. The van der Waals surface area contributed by atoms with Crippen LogP contribution in [0.2, 0.25) is 0 Å². The van der Waals surface area contributed by atoms with Gasteiger partial charge in [-0.15, -0.1) is 0 Å². The van der Waals surface area contributed by atoms with Gasteiger partial charge >= 0.3 is 0 Å². The molecule has 2 atom stereocenters. The third-order valence-corrected chi connectivity index (χ3v) is 4.63. The molecule has 2 fully saturated rings. The third kappa shape index (κ3) is 1.48. The van der Waals surface area contributed by atoms with Crippen LogP contribution >= 0.6 is 0 Å². The highest BCUT2D eigenvalue weighted by Gasteiger charge is 2.72. The van der Waals surface area contributed by atoms with Crippen LogP contribution in [0.3, 0.4) is 0 Å². The molecule has 0 bridgehead atoms. The van der Waals surface area contributed by atoms with E-state index in [1.165, 1.54) is 24.8 Å². The number of fused-ring (bicyclic) bond motifs is 1. The van der Waals surface area contributed by atoms with E-state index >= 15 is 0 Å². The van der Waals surface area contributed by atoms with Gasteiger partial charge in [-0.05, 0) is 46.1 Å². The van der Waals surface area contributed by atoms with Gasteiger partial charge in [-0.1, -0.05) is 31.6 Å². The van der Waals surface area contributed by atoms with E-state index in [1.54, 1.807) is 0 Å². The van der Waals surface area contributed by atoms with Crippen LogP contribution in [0.5, 0.6) is 0 Å². The fourth-order valence-electron chi connectivity index (χ4n) is 3.25. The number of ether oxygens (including phenoxy) is 1. The Kier molecular flexibility index (Phi) is 2.58. The maximum atomic E-state index is 6.15. The number of rotatable bonds is 2. The average molecular weight is 220 g/mol. The van der Waals surface area contributed by atoms with Crippen LogP contribution < -0.4 is 0 Å². The minimum Gasteiger partial charge on any atom is -0.358 e. The number of allylic oxidation sites excluding steroid dienone is 3. The second-order valence-corrected chi connectivity index (χ2v) is 6.17. The summed E-state index contributed by atoms with van der Waals surface area (Å²) < 4.78 is 6.15. The summed E-state index contributed by atoms with van der Waals surface area (Å²) >= 11 is 0. The van der Waals surface area contributed by atoms with Gasteiger partial charge in [0.2, 0.25) is 0 Å². The van der Waals surface area contributed by atoms with Gasteiger partial charge in [0.25, 0.3) is 0 Å². The molecule has 1 saturated carbocycles. The number of epoxide rings is 1. The fraction of sp³-hybridized carbons (Fsp3) is 0.733. The molecule has 90 valence electrons. The van der Waals surface area contributed by atoms with Crippen molar-refractivity contribution >= 4 is 0 Å². The van der Waals surface area contributed by atoms with Gasteiger partial charge in [-0.3, -0.25) is 0 Å². The molecule has 0 aromatic carbocycles. The summed E-state index contributed by atoms with van der Waals surface area (Å²) in [6.07, 6.45) is 10.4. The fourth-order valence-corrected chi connectivity index (χ4v) is 3.25. The molecule has 1 heterocycles. The van der Waals surface area contributed by atoms with E-state index in [4.69, 9.17) is 4.74 Å². The minimum absolute atomic E-state index is 0.0114. The molecule has 1 heteroatoms. The van der Waals surface area contributed by atoms with Crippen molar-refractivity contribution in [1.29, 1.82) is 0 Å². The van der Waals surface area contributed by atoms with Crippen molar-refractivity contribution in [3.8, 4) is 0 Å². The summed E-state index contributed by atoms with van der Waals surface area (Å²) in [5.41, 5.74) is 1.67. The Morgan fingerprint density at radius 3 is 2.44 bits per heavy atom. The summed E-state index contributed by atoms with van der Waals surface area (Å²) in [6, 6.07) is 0. The van der Waals surface area contributed by atoms with E-state index in [0.29, 0.717) is 0 Å². The van der Waals surface area contributed by atoms with Crippen LogP contribution in [0.25, 0.3) is 0 Å². The molecule has 2 unspecified atom stereocenters. The van der Waals surface area contributed by atoms with E-state index in [-0.39, 0.29) is 16.6 Å². The van der Waals surface area contributed by atoms with Crippen LogP contribution in [-0.2, 0) is 4.74 Å². The highest BCUT2D eigenvalue weighted by molar-refractivity contribution is 5.34. The lowest BCUT2D eigenvalue weighted by atomic mass is 9.64. The van der Waals surface area contributed by atoms with Gasteiger partial charge in [0.1, 0.15) is 5.60 Å². The van der Waals surface area contributed by atoms with Crippen molar-refractivity contribution in [2.45, 2.75) is 65.1 Å². The van der Waals surface area contributed by atoms with Crippen LogP contribution in [0.1, 0.15) is 53.9 Å². The first-order valence-electron chi connectivity index (χ1n) is 6.39. The topological polar surface area (TPSA) is 12.5 Å². The zero-order valence-electron chi connectivity index (χ0n) is 11.3. The molecule has 2 rings (SSSR count).